The molecule has 6 nitrogen and oxygen atoms in total. The Labute approximate surface area is 151 Å². The van der Waals surface area contributed by atoms with Crippen molar-refractivity contribution in [2.45, 2.75) is 30.6 Å². The second kappa shape index (κ2) is 7.19. The summed E-state index contributed by atoms with van der Waals surface area (Å²) in [6.45, 7) is 1.34. The monoisotopic (exact) mass is 382 g/mol. The predicted molar refractivity (Wildman–Crippen MR) is 94.1 cm³/mol. The van der Waals surface area contributed by atoms with Crippen LogP contribution in [0.4, 0.5) is 0 Å². The standard InChI is InChI=1S/C17H19ClN2O4S/c18-15-10-12(5-6-13-4-3-9-24-13)14(11-16(15)25(19,22)23)17(21)20-7-1-2-8-20/h3-4,9-11H,1-2,5-8H2,(H2,19,22,23). The molecule has 3 rings (SSSR count). The first-order valence-corrected chi connectivity index (χ1v) is 9.95. The number of amides is 1. The molecule has 1 saturated heterocycles. The number of carbonyl (C=O) groups excluding carboxylic acids is 1. The number of halogens is 1. The molecule has 1 amide bonds. The highest BCUT2D eigenvalue weighted by Gasteiger charge is 2.25. The lowest BCUT2D eigenvalue weighted by Gasteiger charge is -2.19. The molecule has 0 atom stereocenters. The Morgan fingerprint density at radius 1 is 1.24 bits per heavy atom. The van der Waals surface area contributed by atoms with Gasteiger partial charge >= 0.3 is 0 Å². The van der Waals surface area contributed by atoms with Crippen LogP contribution >= 0.6 is 11.6 Å². The SMILES string of the molecule is NS(=O)(=O)c1cc(C(=O)N2CCCC2)c(CCc2ccco2)cc1Cl. The van der Waals surface area contributed by atoms with Gasteiger partial charge in [-0.25, -0.2) is 13.6 Å². The van der Waals surface area contributed by atoms with Gasteiger partial charge in [0, 0.05) is 25.1 Å². The topological polar surface area (TPSA) is 93.6 Å². The fraction of sp³-hybridized carbons (Fsp3) is 0.353. The molecule has 1 aliphatic rings. The van der Waals surface area contributed by atoms with Gasteiger partial charge in [0.1, 0.15) is 10.7 Å². The Balaban J connectivity index is 1.99. The zero-order valence-electron chi connectivity index (χ0n) is 13.6. The normalized spacial score (nSPS) is 14.9. The van der Waals surface area contributed by atoms with E-state index in [2.05, 4.69) is 0 Å². The minimum Gasteiger partial charge on any atom is -0.469 e. The average molecular weight is 383 g/mol. The number of likely N-dealkylation sites (tertiary alicyclic amines) is 1. The van der Waals surface area contributed by atoms with Crippen LogP contribution in [0.2, 0.25) is 5.02 Å². The first kappa shape index (κ1) is 18.0. The Morgan fingerprint density at radius 2 is 1.96 bits per heavy atom. The second-order valence-electron chi connectivity index (χ2n) is 6.06. The van der Waals surface area contributed by atoms with Crippen molar-refractivity contribution in [3.05, 3.63) is 52.4 Å². The summed E-state index contributed by atoms with van der Waals surface area (Å²) < 4.78 is 28.8. The van der Waals surface area contributed by atoms with E-state index in [-0.39, 0.29) is 15.8 Å². The molecular weight excluding hydrogens is 364 g/mol. The van der Waals surface area contributed by atoms with Crippen molar-refractivity contribution >= 4 is 27.5 Å². The number of carbonyl (C=O) groups is 1. The zero-order valence-corrected chi connectivity index (χ0v) is 15.1. The summed E-state index contributed by atoms with van der Waals surface area (Å²) in [5.41, 5.74) is 1.02. The van der Waals surface area contributed by atoms with E-state index in [0.717, 1.165) is 18.6 Å². The summed E-state index contributed by atoms with van der Waals surface area (Å²) >= 11 is 6.10. The average Bonchev–Trinajstić information content (AvgIpc) is 3.24. The number of hydrogen-bond acceptors (Lipinski definition) is 4. The maximum absolute atomic E-state index is 12.8. The number of hydrogen-bond donors (Lipinski definition) is 1. The van der Waals surface area contributed by atoms with Gasteiger partial charge in [-0.15, -0.1) is 0 Å². The maximum Gasteiger partial charge on any atom is 0.254 e. The third-order valence-corrected chi connectivity index (χ3v) is 5.68. The molecule has 0 bridgehead atoms. The summed E-state index contributed by atoms with van der Waals surface area (Å²) in [7, 11) is -4.01. The minimum absolute atomic E-state index is 0.0231. The lowest BCUT2D eigenvalue weighted by atomic mass is 10.0. The summed E-state index contributed by atoms with van der Waals surface area (Å²) in [6, 6.07) is 6.47. The molecule has 1 aliphatic heterocycles. The molecule has 2 heterocycles. The van der Waals surface area contributed by atoms with Crippen LogP contribution in [0.15, 0.2) is 39.8 Å². The second-order valence-corrected chi connectivity index (χ2v) is 8.00. The van der Waals surface area contributed by atoms with E-state index < -0.39 is 10.0 Å². The number of rotatable bonds is 5. The molecule has 0 spiro atoms. The number of primary sulfonamides is 1. The smallest absolute Gasteiger partial charge is 0.254 e. The van der Waals surface area contributed by atoms with E-state index in [1.807, 2.05) is 6.07 Å². The van der Waals surface area contributed by atoms with Crippen LogP contribution < -0.4 is 5.14 Å². The van der Waals surface area contributed by atoms with E-state index in [0.29, 0.717) is 37.1 Å². The highest BCUT2D eigenvalue weighted by Crippen LogP contribution is 2.28. The van der Waals surface area contributed by atoms with Gasteiger partial charge in [-0.3, -0.25) is 4.79 Å². The molecule has 134 valence electrons. The third-order valence-electron chi connectivity index (χ3n) is 4.31. The van der Waals surface area contributed by atoms with Crippen molar-refractivity contribution in [3.8, 4) is 0 Å². The Hall–Kier alpha value is -1.83. The van der Waals surface area contributed by atoms with Gasteiger partial charge in [0.25, 0.3) is 5.91 Å². The zero-order chi connectivity index (χ0) is 18.0. The number of aryl methyl sites for hydroxylation is 2. The molecule has 0 saturated carbocycles. The van der Waals surface area contributed by atoms with Crippen molar-refractivity contribution in [2.24, 2.45) is 5.14 Å². The van der Waals surface area contributed by atoms with Crippen molar-refractivity contribution < 1.29 is 17.6 Å². The van der Waals surface area contributed by atoms with Crippen LogP contribution in [0.25, 0.3) is 0 Å². The molecule has 8 heteroatoms. The highest BCUT2D eigenvalue weighted by molar-refractivity contribution is 7.89. The minimum atomic E-state index is -4.01. The molecular formula is C17H19ClN2O4S. The highest BCUT2D eigenvalue weighted by atomic mass is 35.5. The van der Waals surface area contributed by atoms with Gasteiger partial charge in [0.15, 0.2) is 0 Å². The van der Waals surface area contributed by atoms with Crippen LogP contribution in [0.3, 0.4) is 0 Å². The Kier molecular flexibility index (Phi) is 5.17. The van der Waals surface area contributed by atoms with Crippen LogP contribution in [-0.2, 0) is 22.9 Å². The number of benzene rings is 1. The first-order valence-electron chi connectivity index (χ1n) is 8.03. The lowest BCUT2D eigenvalue weighted by molar-refractivity contribution is 0.0791. The van der Waals surface area contributed by atoms with Crippen LogP contribution in [-0.4, -0.2) is 32.3 Å². The van der Waals surface area contributed by atoms with Gasteiger partial charge in [-0.2, -0.15) is 0 Å². The van der Waals surface area contributed by atoms with Crippen LogP contribution in [0.1, 0.15) is 34.5 Å². The molecule has 0 radical (unpaired) electrons. The van der Waals surface area contributed by atoms with Gasteiger partial charge in [-0.1, -0.05) is 11.6 Å². The Bertz CT molecular complexity index is 872. The molecule has 0 aliphatic carbocycles. The quantitative estimate of drug-likeness (QED) is 0.859. The number of furan rings is 1. The molecule has 1 fully saturated rings. The van der Waals surface area contributed by atoms with Crippen molar-refractivity contribution in [1.82, 2.24) is 4.90 Å². The molecule has 2 aromatic rings. The number of sulfonamides is 1. The molecule has 25 heavy (non-hydrogen) atoms. The largest absolute Gasteiger partial charge is 0.469 e. The van der Waals surface area contributed by atoms with Crippen molar-refractivity contribution in [1.29, 1.82) is 0 Å². The maximum atomic E-state index is 12.8. The molecule has 1 aromatic carbocycles. The van der Waals surface area contributed by atoms with E-state index in [1.54, 1.807) is 17.2 Å². The van der Waals surface area contributed by atoms with E-state index >= 15 is 0 Å². The molecule has 1 aromatic heterocycles. The molecule has 2 N–H and O–H groups in total. The fourth-order valence-corrected chi connectivity index (χ4v) is 4.14. The van der Waals surface area contributed by atoms with Gasteiger partial charge < -0.3 is 9.32 Å². The van der Waals surface area contributed by atoms with Gasteiger partial charge in [0.05, 0.1) is 11.3 Å². The van der Waals surface area contributed by atoms with Crippen LogP contribution in [0, 0.1) is 0 Å². The summed E-state index contributed by atoms with van der Waals surface area (Å²) in [6.07, 6.45) is 4.57. The van der Waals surface area contributed by atoms with Crippen molar-refractivity contribution in [2.75, 3.05) is 13.1 Å². The Morgan fingerprint density at radius 3 is 2.56 bits per heavy atom. The lowest BCUT2D eigenvalue weighted by Crippen LogP contribution is -2.29. The number of nitrogens with zero attached hydrogens (tertiary/aromatic N) is 1. The number of nitrogens with two attached hydrogens (primary N) is 1. The molecule has 0 unspecified atom stereocenters. The van der Waals surface area contributed by atoms with Crippen molar-refractivity contribution in [3.63, 3.8) is 0 Å². The summed E-state index contributed by atoms with van der Waals surface area (Å²) in [5.74, 6) is 0.597. The predicted octanol–water partition coefficient (Wildman–Crippen LogP) is 2.60. The first-order chi connectivity index (χ1) is 11.9. The van der Waals surface area contributed by atoms with Gasteiger partial charge in [0.2, 0.25) is 10.0 Å². The third kappa shape index (κ3) is 4.05. The van der Waals surface area contributed by atoms with E-state index in [1.165, 1.54) is 12.1 Å². The van der Waals surface area contributed by atoms with Crippen LogP contribution in [0.5, 0.6) is 0 Å². The summed E-state index contributed by atoms with van der Waals surface area (Å²) in [4.78, 5) is 14.3. The van der Waals surface area contributed by atoms with E-state index in [4.69, 9.17) is 21.2 Å². The summed E-state index contributed by atoms with van der Waals surface area (Å²) in [5, 5.41) is 5.25. The van der Waals surface area contributed by atoms with Gasteiger partial charge in [-0.05, 0) is 49.1 Å². The van der Waals surface area contributed by atoms with E-state index in [9.17, 15) is 13.2 Å². The fourth-order valence-electron chi connectivity index (χ4n) is 3.02.